The van der Waals surface area contributed by atoms with Gasteiger partial charge in [0.15, 0.2) is 0 Å². The quantitative estimate of drug-likeness (QED) is 0.775. The number of anilines is 1. The van der Waals surface area contributed by atoms with Gasteiger partial charge in [0, 0.05) is 12.4 Å². The lowest BCUT2D eigenvalue weighted by Gasteiger charge is -2.05. The summed E-state index contributed by atoms with van der Waals surface area (Å²) in [6, 6.07) is 0.980. The predicted octanol–water partition coefficient (Wildman–Crippen LogP) is 2.38. The van der Waals surface area contributed by atoms with Crippen molar-refractivity contribution < 1.29 is 13.2 Å². The van der Waals surface area contributed by atoms with Crippen LogP contribution < -0.4 is 5.32 Å². The third-order valence-corrected chi connectivity index (χ3v) is 2.78. The fraction of sp³-hybridized carbons (Fsp3) is 0.167. The summed E-state index contributed by atoms with van der Waals surface area (Å²) >= 11 is 0. The van der Waals surface area contributed by atoms with E-state index in [0.717, 1.165) is 6.07 Å². The molecule has 0 amide bonds. The molecule has 3 aromatic rings. The molecule has 0 unspecified atom stereocenters. The van der Waals surface area contributed by atoms with Gasteiger partial charge in [-0.25, -0.2) is 9.97 Å². The first-order chi connectivity index (χ1) is 10.0. The van der Waals surface area contributed by atoms with Crippen LogP contribution in [0.2, 0.25) is 0 Å². The van der Waals surface area contributed by atoms with Gasteiger partial charge >= 0.3 is 6.18 Å². The molecule has 3 rings (SSSR count). The Labute approximate surface area is 116 Å². The number of hydrogen-bond donors (Lipinski definition) is 2. The van der Waals surface area contributed by atoms with E-state index in [1.165, 1.54) is 18.7 Å². The van der Waals surface area contributed by atoms with Gasteiger partial charge in [0.2, 0.25) is 0 Å². The van der Waals surface area contributed by atoms with E-state index in [0.29, 0.717) is 18.1 Å². The number of H-pyrrole nitrogens is 1. The van der Waals surface area contributed by atoms with Crippen molar-refractivity contribution in [1.82, 2.24) is 24.9 Å². The second-order valence-corrected chi connectivity index (χ2v) is 4.22. The zero-order chi connectivity index (χ0) is 14.9. The van der Waals surface area contributed by atoms with Crippen LogP contribution in [0.1, 0.15) is 11.4 Å². The van der Waals surface area contributed by atoms with Crippen LogP contribution in [0, 0.1) is 0 Å². The van der Waals surface area contributed by atoms with Crippen LogP contribution in [-0.4, -0.2) is 24.9 Å². The molecule has 3 heterocycles. The first kappa shape index (κ1) is 13.3. The second-order valence-electron chi connectivity index (χ2n) is 4.22. The van der Waals surface area contributed by atoms with Gasteiger partial charge in [0.1, 0.15) is 23.5 Å². The average Bonchev–Trinajstić information content (AvgIpc) is 2.91. The summed E-state index contributed by atoms with van der Waals surface area (Å²) in [5, 5.41) is 3.20. The highest BCUT2D eigenvalue weighted by Crippen LogP contribution is 2.32. The van der Waals surface area contributed by atoms with Gasteiger partial charge in [-0.3, -0.25) is 9.97 Å². The smallest absolute Gasteiger partial charge is 0.364 e. The summed E-state index contributed by atoms with van der Waals surface area (Å²) in [4.78, 5) is 18.0. The molecule has 0 atom stereocenters. The lowest BCUT2D eigenvalue weighted by atomic mass is 10.3. The van der Waals surface area contributed by atoms with Crippen LogP contribution in [0.3, 0.4) is 0 Å². The summed E-state index contributed by atoms with van der Waals surface area (Å²) in [7, 11) is 0. The van der Waals surface area contributed by atoms with Gasteiger partial charge in [-0.1, -0.05) is 0 Å². The highest BCUT2D eigenvalue weighted by Gasteiger charge is 2.33. The number of aromatic amines is 1. The number of nitrogens with zero attached hydrogens (tertiary/aromatic N) is 4. The maximum Gasteiger partial charge on any atom is 0.431 e. The Morgan fingerprint density at radius 1 is 1.14 bits per heavy atom. The number of fused-ring (bicyclic) bond motifs is 1. The van der Waals surface area contributed by atoms with Gasteiger partial charge in [-0.2, -0.15) is 13.2 Å². The summed E-state index contributed by atoms with van der Waals surface area (Å²) < 4.78 is 38.1. The van der Waals surface area contributed by atoms with E-state index in [1.807, 2.05) is 0 Å². The molecule has 0 fully saturated rings. The molecule has 0 radical (unpaired) electrons. The van der Waals surface area contributed by atoms with Crippen molar-refractivity contribution in [2.45, 2.75) is 12.7 Å². The fourth-order valence-corrected chi connectivity index (χ4v) is 1.83. The highest BCUT2D eigenvalue weighted by molar-refractivity contribution is 5.87. The van der Waals surface area contributed by atoms with E-state index in [-0.39, 0.29) is 11.0 Å². The van der Waals surface area contributed by atoms with Gasteiger partial charge < -0.3 is 10.3 Å². The van der Waals surface area contributed by atoms with Gasteiger partial charge in [-0.15, -0.1) is 0 Å². The monoisotopic (exact) mass is 294 g/mol. The van der Waals surface area contributed by atoms with E-state index in [9.17, 15) is 13.2 Å². The zero-order valence-electron chi connectivity index (χ0n) is 10.5. The molecule has 0 bridgehead atoms. The van der Waals surface area contributed by atoms with Crippen molar-refractivity contribution >= 4 is 16.9 Å². The van der Waals surface area contributed by atoms with E-state index in [1.54, 1.807) is 6.20 Å². The Hall–Kier alpha value is -2.71. The van der Waals surface area contributed by atoms with E-state index in [4.69, 9.17) is 0 Å². The molecule has 0 aliphatic carbocycles. The Morgan fingerprint density at radius 3 is 2.71 bits per heavy atom. The molecule has 0 saturated carbocycles. The van der Waals surface area contributed by atoms with Crippen molar-refractivity contribution in [3.63, 3.8) is 0 Å². The van der Waals surface area contributed by atoms with E-state index < -0.39 is 11.9 Å². The summed E-state index contributed by atoms with van der Waals surface area (Å²) in [5.41, 5.74) is -0.0876. The minimum atomic E-state index is -4.46. The van der Waals surface area contributed by atoms with Crippen LogP contribution in [0.25, 0.3) is 11.0 Å². The van der Waals surface area contributed by atoms with Gasteiger partial charge in [0.05, 0.1) is 23.8 Å². The molecule has 21 heavy (non-hydrogen) atoms. The molecular weight excluding hydrogens is 285 g/mol. The Balaban J connectivity index is 1.90. The first-order valence-electron chi connectivity index (χ1n) is 5.94. The van der Waals surface area contributed by atoms with Crippen LogP contribution in [-0.2, 0) is 12.7 Å². The molecule has 9 heteroatoms. The highest BCUT2D eigenvalue weighted by atomic mass is 19.4. The summed E-state index contributed by atoms with van der Waals surface area (Å²) in [6.45, 7) is 0.298. The molecule has 2 N–H and O–H groups in total. The number of halogens is 3. The van der Waals surface area contributed by atoms with Gasteiger partial charge in [-0.05, 0) is 6.07 Å². The maximum absolute atomic E-state index is 12.7. The number of hydrogen-bond acceptors (Lipinski definition) is 5. The first-order valence-corrected chi connectivity index (χ1v) is 5.94. The topological polar surface area (TPSA) is 79.4 Å². The SMILES string of the molecule is FC(F)(F)c1cc2c(NCc3cnccn3)ncnc2[nH]1. The third-order valence-electron chi connectivity index (χ3n) is 2.78. The maximum atomic E-state index is 12.7. The summed E-state index contributed by atoms with van der Waals surface area (Å²) in [6.07, 6.45) is 1.36. The zero-order valence-corrected chi connectivity index (χ0v) is 10.5. The van der Waals surface area contributed by atoms with E-state index >= 15 is 0 Å². The van der Waals surface area contributed by atoms with Crippen molar-refractivity contribution in [3.8, 4) is 0 Å². The third kappa shape index (κ3) is 2.76. The normalized spacial score (nSPS) is 11.8. The Morgan fingerprint density at radius 2 is 2.00 bits per heavy atom. The number of rotatable bonds is 3. The van der Waals surface area contributed by atoms with Crippen molar-refractivity contribution in [1.29, 1.82) is 0 Å². The molecule has 0 aliphatic rings. The van der Waals surface area contributed by atoms with E-state index in [2.05, 4.69) is 30.2 Å². The Kier molecular flexibility index (Phi) is 3.16. The molecule has 108 valence electrons. The molecule has 0 spiro atoms. The molecule has 0 aromatic carbocycles. The van der Waals surface area contributed by atoms with Crippen LogP contribution in [0.15, 0.2) is 31.0 Å². The lowest BCUT2D eigenvalue weighted by Crippen LogP contribution is -2.04. The molecular formula is C12H9F3N6. The molecule has 0 saturated heterocycles. The van der Waals surface area contributed by atoms with Crippen LogP contribution in [0.4, 0.5) is 19.0 Å². The van der Waals surface area contributed by atoms with Crippen molar-refractivity contribution in [2.24, 2.45) is 0 Å². The van der Waals surface area contributed by atoms with Crippen LogP contribution in [0.5, 0.6) is 0 Å². The summed E-state index contributed by atoms with van der Waals surface area (Å²) in [5.74, 6) is 0.303. The standard InChI is InChI=1S/C12H9F3N6/c13-12(14,15)9-3-8-10(19-6-20-11(8)21-9)18-5-7-4-16-1-2-17-7/h1-4,6H,5H2,(H2,18,19,20,21). The number of alkyl halides is 3. The minimum absolute atomic E-state index is 0.124. The molecule has 6 nitrogen and oxygen atoms in total. The van der Waals surface area contributed by atoms with Crippen LogP contribution >= 0.6 is 0 Å². The second kappa shape index (κ2) is 5.00. The largest absolute Gasteiger partial charge is 0.431 e. The van der Waals surface area contributed by atoms with Gasteiger partial charge in [0.25, 0.3) is 0 Å². The number of nitrogens with one attached hydrogen (secondary N) is 2. The number of aromatic nitrogens is 5. The molecule has 3 aromatic heterocycles. The minimum Gasteiger partial charge on any atom is -0.364 e. The fourth-order valence-electron chi connectivity index (χ4n) is 1.83. The Bertz CT molecular complexity index is 753. The molecule has 0 aliphatic heterocycles. The lowest BCUT2D eigenvalue weighted by molar-refractivity contribution is -0.140. The van der Waals surface area contributed by atoms with Crippen molar-refractivity contribution in [2.75, 3.05) is 5.32 Å². The van der Waals surface area contributed by atoms with Crippen molar-refractivity contribution in [3.05, 3.63) is 42.4 Å². The average molecular weight is 294 g/mol. The predicted molar refractivity (Wildman–Crippen MR) is 68.2 cm³/mol.